The quantitative estimate of drug-likeness (QED) is 0.615. The Kier molecular flexibility index (Phi) is 3.80. The molecule has 6 nitrogen and oxygen atoms in total. The van der Waals surface area contributed by atoms with Crippen LogP contribution < -0.4 is 16.0 Å². The molecule has 3 N–H and O–H groups in total. The average Bonchev–Trinajstić information content (AvgIpc) is 2.36. The van der Waals surface area contributed by atoms with E-state index >= 15 is 0 Å². The molecule has 0 aromatic heterocycles. The largest absolute Gasteiger partial charge is 0.465 e. The van der Waals surface area contributed by atoms with Crippen molar-refractivity contribution >= 4 is 34.9 Å². The van der Waals surface area contributed by atoms with Crippen LogP contribution in [0.1, 0.15) is 10.4 Å². The number of hydrogen-bond acceptors (Lipinski definition) is 5. The zero-order chi connectivity index (χ0) is 14.0. The fourth-order valence-electron chi connectivity index (χ4n) is 2.04. The molecule has 1 heterocycles. The minimum Gasteiger partial charge on any atom is -0.465 e. The number of methoxy groups -OCH3 is 1. The van der Waals surface area contributed by atoms with Crippen LogP contribution in [0.25, 0.3) is 0 Å². The van der Waals surface area contributed by atoms with Crippen LogP contribution in [-0.4, -0.2) is 38.6 Å². The van der Waals surface area contributed by atoms with Crippen molar-refractivity contribution in [1.82, 2.24) is 5.32 Å². The second-order valence-corrected chi connectivity index (χ2v) is 4.57. The molecule has 1 saturated heterocycles. The van der Waals surface area contributed by atoms with Gasteiger partial charge in [-0.3, -0.25) is 4.79 Å². The fraction of sp³-hybridized carbons (Fsp3) is 0.333. The number of carbonyl (C=O) groups excluding carboxylic acids is 2. The maximum atomic E-state index is 11.8. The van der Waals surface area contributed by atoms with Crippen molar-refractivity contribution in [3.8, 4) is 0 Å². The Bertz CT molecular complexity index is 533. The van der Waals surface area contributed by atoms with Crippen LogP contribution in [0.15, 0.2) is 12.1 Å². The van der Waals surface area contributed by atoms with E-state index in [1.54, 1.807) is 11.0 Å². The molecule has 1 aliphatic rings. The lowest BCUT2D eigenvalue weighted by molar-refractivity contribution is -0.120. The van der Waals surface area contributed by atoms with Gasteiger partial charge in [-0.2, -0.15) is 0 Å². The summed E-state index contributed by atoms with van der Waals surface area (Å²) in [7, 11) is 1.28. The first kappa shape index (κ1) is 13.5. The molecule has 0 unspecified atom stereocenters. The first-order chi connectivity index (χ1) is 9.02. The summed E-state index contributed by atoms with van der Waals surface area (Å²) < 4.78 is 4.72. The SMILES string of the molecule is COC(=O)c1cc(N)cc(Cl)c1N1CCNC(=O)C1. The number of carbonyl (C=O) groups is 2. The normalized spacial score (nSPS) is 15.1. The topological polar surface area (TPSA) is 84.7 Å². The highest BCUT2D eigenvalue weighted by Gasteiger charge is 2.25. The van der Waals surface area contributed by atoms with Crippen molar-refractivity contribution < 1.29 is 14.3 Å². The second-order valence-electron chi connectivity index (χ2n) is 4.16. The third-order valence-corrected chi connectivity index (χ3v) is 3.13. The minimum absolute atomic E-state index is 0.116. The summed E-state index contributed by atoms with van der Waals surface area (Å²) in [5.74, 6) is -0.648. The molecule has 0 saturated carbocycles. The molecule has 0 spiro atoms. The summed E-state index contributed by atoms with van der Waals surface area (Å²) in [5.41, 5.74) is 6.81. The van der Waals surface area contributed by atoms with E-state index in [4.69, 9.17) is 22.1 Å². The predicted molar refractivity (Wildman–Crippen MR) is 72.4 cm³/mol. The van der Waals surface area contributed by atoms with Gasteiger partial charge in [-0.15, -0.1) is 0 Å². The van der Waals surface area contributed by atoms with Crippen LogP contribution in [-0.2, 0) is 9.53 Å². The molecule has 7 heteroatoms. The number of esters is 1. The van der Waals surface area contributed by atoms with Gasteiger partial charge in [0.2, 0.25) is 5.91 Å². The molecule has 1 aromatic carbocycles. The Morgan fingerprint density at radius 2 is 2.26 bits per heavy atom. The number of halogens is 1. The highest BCUT2D eigenvalue weighted by atomic mass is 35.5. The predicted octanol–water partition coefficient (Wildman–Crippen LogP) is 0.645. The van der Waals surface area contributed by atoms with E-state index in [1.807, 2.05) is 0 Å². The highest BCUT2D eigenvalue weighted by molar-refractivity contribution is 6.34. The lowest BCUT2D eigenvalue weighted by Gasteiger charge is -2.30. The van der Waals surface area contributed by atoms with Gasteiger partial charge in [0.05, 0.1) is 29.9 Å². The van der Waals surface area contributed by atoms with Gasteiger partial charge in [-0.25, -0.2) is 4.79 Å². The molecule has 0 atom stereocenters. The molecule has 1 aliphatic heterocycles. The van der Waals surface area contributed by atoms with Gasteiger partial charge >= 0.3 is 5.97 Å². The van der Waals surface area contributed by atoms with Crippen molar-refractivity contribution in [3.05, 3.63) is 22.7 Å². The van der Waals surface area contributed by atoms with Gasteiger partial charge in [0.15, 0.2) is 0 Å². The van der Waals surface area contributed by atoms with Crippen molar-refractivity contribution in [3.63, 3.8) is 0 Å². The smallest absolute Gasteiger partial charge is 0.340 e. The number of nitrogens with zero attached hydrogens (tertiary/aromatic N) is 1. The molecule has 0 radical (unpaired) electrons. The number of nitrogens with two attached hydrogens (primary N) is 1. The molecule has 1 amide bonds. The van der Waals surface area contributed by atoms with E-state index in [0.717, 1.165) is 0 Å². The molecule has 102 valence electrons. The van der Waals surface area contributed by atoms with Crippen molar-refractivity contribution in [2.45, 2.75) is 0 Å². The van der Waals surface area contributed by atoms with Crippen LogP contribution >= 0.6 is 11.6 Å². The van der Waals surface area contributed by atoms with Gasteiger partial charge < -0.3 is 20.7 Å². The number of piperazine rings is 1. The standard InChI is InChI=1S/C12H14ClN3O3/c1-19-12(18)8-4-7(14)5-9(13)11(8)16-3-2-15-10(17)6-16/h4-5H,2-3,6,14H2,1H3,(H,15,17). The third kappa shape index (κ3) is 2.73. The number of hydrogen-bond donors (Lipinski definition) is 2. The van der Waals surface area contributed by atoms with Gasteiger partial charge in [-0.1, -0.05) is 11.6 Å². The van der Waals surface area contributed by atoms with Crippen LogP contribution in [0.2, 0.25) is 5.02 Å². The average molecular weight is 284 g/mol. The number of anilines is 2. The summed E-state index contributed by atoms with van der Waals surface area (Å²) in [4.78, 5) is 25.0. The van der Waals surface area contributed by atoms with Crippen LogP contribution in [0.5, 0.6) is 0 Å². The van der Waals surface area contributed by atoms with Crippen LogP contribution in [0.3, 0.4) is 0 Å². The van der Waals surface area contributed by atoms with E-state index < -0.39 is 5.97 Å². The third-order valence-electron chi connectivity index (χ3n) is 2.85. The number of ether oxygens (including phenoxy) is 1. The minimum atomic E-state index is -0.532. The molecule has 0 aliphatic carbocycles. The highest BCUT2D eigenvalue weighted by Crippen LogP contribution is 2.33. The second kappa shape index (κ2) is 5.36. The van der Waals surface area contributed by atoms with E-state index in [1.165, 1.54) is 13.2 Å². The Morgan fingerprint density at radius 3 is 2.89 bits per heavy atom. The Balaban J connectivity index is 2.48. The van der Waals surface area contributed by atoms with E-state index in [2.05, 4.69) is 5.32 Å². The monoisotopic (exact) mass is 283 g/mol. The lowest BCUT2D eigenvalue weighted by atomic mass is 10.1. The molecular formula is C12H14ClN3O3. The van der Waals surface area contributed by atoms with Gasteiger partial charge in [0, 0.05) is 18.8 Å². The van der Waals surface area contributed by atoms with E-state index in [0.29, 0.717) is 29.5 Å². The van der Waals surface area contributed by atoms with Crippen molar-refractivity contribution in [1.29, 1.82) is 0 Å². The van der Waals surface area contributed by atoms with Crippen LogP contribution in [0, 0.1) is 0 Å². The fourth-order valence-corrected chi connectivity index (χ4v) is 2.38. The Hall–Kier alpha value is -1.95. The van der Waals surface area contributed by atoms with Gasteiger partial charge in [-0.05, 0) is 12.1 Å². The van der Waals surface area contributed by atoms with Crippen LogP contribution in [0.4, 0.5) is 11.4 Å². The van der Waals surface area contributed by atoms with Gasteiger partial charge in [0.25, 0.3) is 0 Å². The summed E-state index contributed by atoms with van der Waals surface area (Å²) in [6.45, 7) is 1.22. The number of rotatable bonds is 2. The first-order valence-corrected chi connectivity index (χ1v) is 6.09. The molecular weight excluding hydrogens is 270 g/mol. The molecule has 19 heavy (non-hydrogen) atoms. The number of nitrogen functional groups attached to an aromatic ring is 1. The zero-order valence-corrected chi connectivity index (χ0v) is 11.2. The number of amides is 1. The van der Waals surface area contributed by atoms with Crippen molar-refractivity contribution in [2.75, 3.05) is 37.4 Å². The zero-order valence-electron chi connectivity index (χ0n) is 10.4. The maximum Gasteiger partial charge on any atom is 0.340 e. The summed E-state index contributed by atoms with van der Waals surface area (Å²) in [6.07, 6.45) is 0. The van der Waals surface area contributed by atoms with Gasteiger partial charge in [0.1, 0.15) is 0 Å². The van der Waals surface area contributed by atoms with Crippen molar-refractivity contribution in [2.24, 2.45) is 0 Å². The lowest BCUT2D eigenvalue weighted by Crippen LogP contribution is -2.48. The maximum absolute atomic E-state index is 11.8. The Morgan fingerprint density at radius 1 is 1.53 bits per heavy atom. The molecule has 0 bridgehead atoms. The molecule has 1 fully saturated rings. The summed E-state index contributed by atoms with van der Waals surface area (Å²) in [6, 6.07) is 3.05. The van der Waals surface area contributed by atoms with E-state index in [9.17, 15) is 9.59 Å². The first-order valence-electron chi connectivity index (χ1n) is 5.72. The number of benzene rings is 1. The summed E-state index contributed by atoms with van der Waals surface area (Å²) in [5, 5.41) is 3.04. The Labute approximate surface area is 115 Å². The van der Waals surface area contributed by atoms with E-state index in [-0.39, 0.29) is 18.0 Å². The number of nitrogens with one attached hydrogen (secondary N) is 1. The molecule has 1 aromatic rings. The molecule has 2 rings (SSSR count). The summed E-state index contributed by atoms with van der Waals surface area (Å²) >= 11 is 6.16.